The zero-order valence-corrected chi connectivity index (χ0v) is 37.9. The van der Waals surface area contributed by atoms with Crippen molar-refractivity contribution in [1.82, 2.24) is 18.8 Å². The molecule has 9 aromatic rings. The molecule has 0 spiro atoms. The zero-order chi connectivity index (χ0) is 45.4. The lowest BCUT2D eigenvalue weighted by Gasteiger charge is -2.05. The predicted octanol–water partition coefficient (Wildman–Crippen LogP) is 6.78. The molecule has 16 nitrogen and oxygen atoms in total. The summed E-state index contributed by atoms with van der Waals surface area (Å²) in [6.07, 6.45) is 13.6. The highest BCUT2D eigenvalue weighted by atomic mass is 32.2. The van der Waals surface area contributed by atoms with Crippen molar-refractivity contribution in [2.45, 2.75) is 23.6 Å². The summed E-state index contributed by atoms with van der Waals surface area (Å²) in [5, 5.41) is 12.8. The third kappa shape index (κ3) is 11.4. The van der Waals surface area contributed by atoms with E-state index in [1.807, 2.05) is 38.1 Å². The molecule has 2 N–H and O–H groups in total. The molecule has 5 aromatic heterocycles. The first kappa shape index (κ1) is 45.1. The second-order valence-corrected chi connectivity index (χ2v) is 18.6. The van der Waals surface area contributed by atoms with Crippen LogP contribution in [-0.2, 0) is 34.3 Å². The van der Waals surface area contributed by atoms with Gasteiger partial charge in [-0.3, -0.25) is 5.43 Å². The van der Waals surface area contributed by atoms with Gasteiger partial charge in [-0.1, -0.05) is 82.3 Å². The van der Waals surface area contributed by atoms with Crippen molar-refractivity contribution >= 4 is 77.0 Å². The van der Waals surface area contributed by atoms with Crippen molar-refractivity contribution in [3.8, 4) is 22.5 Å². The highest BCUT2D eigenvalue weighted by molar-refractivity contribution is 7.86. The number of benzene rings is 4. The fourth-order valence-electron chi connectivity index (χ4n) is 6.15. The van der Waals surface area contributed by atoms with Crippen molar-refractivity contribution in [2.75, 3.05) is 10.9 Å². The summed E-state index contributed by atoms with van der Waals surface area (Å²) < 4.78 is 71.0. The van der Waals surface area contributed by atoms with Crippen molar-refractivity contribution < 1.29 is 35.1 Å². The van der Waals surface area contributed by atoms with Crippen LogP contribution in [0.3, 0.4) is 0 Å². The van der Waals surface area contributed by atoms with Gasteiger partial charge in [-0.05, 0) is 73.5 Å². The molecule has 0 fully saturated rings. The van der Waals surface area contributed by atoms with Crippen LogP contribution >= 0.6 is 22.7 Å². The van der Waals surface area contributed by atoms with E-state index in [2.05, 4.69) is 123 Å². The predicted molar refractivity (Wildman–Crippen MR) is 247 cm³/mol. The van der Waals surface area contributed by atoms with Gasteiger partial charge in [0.25, 0.3) is 0 Å². The van der Waals surface area contributed by atoms with Crippen LogP contribution in [0, 0.1) is 13.8 Å². The van der Waals surface area contributed by atoms with Gasteiger partial charge < -0.3 is 9.11 Å². The Balaban J connectivity index is 0.000000227. The first-order valence-corrected chi connectivity index (χ1v) is 23.8. The van der Waals surface area contributed by atoms with E-state index < -0.39 is 20.2 Å². The van der Waals surface area contributed by atoms with Gasteiger partial charge in [0.15, 0.2) is 17.2 Å². The van der Waals surface area contributed by atoms with Gasteiger partial charge in [0.05, 0.1) is 36.3 Å². The molecular formula is C44H40N10O6S4. The fourth-order valence-corrected chi connectivity index (χ4v) is 8.69. The van der Waals surface area contributed by atoms with Crippen LogP contribution in [0.2, 0.25) is 0 Å². The number of nitrogens with zero attached hydrogens (tertiary/aromatic N) is 8. The lowest BCUT2D eigenvalue weighted by molar-refractivity contribution is -0.631. The number of hydrogen-bond donors (Lipinski definition) is 2. The minimum absolute atomic E-state index is 0.178. The van der Waals surface area contributed by atoms with Gasteiger partial charge in [-0.2, -0.15) is 24.0 Å². The minimum atomic E-state index is -4.27. The molecule has 326 valence electrons. The number of fused-ring (bicyclic) bond motifs is 2. The maximum atomic E-state index is 10.4. The SMILES string of the molecule is C[n+]1c(-c2ccc(/C=N/Nc3ccnc(N/N=C/c4ccc(-c5cn6ccsc6[n+]5C)cc4)n3)cc2)cn2ccsc21.Cc1ccc(S(=O)(=O)[O-])cc1.Cc1ccc(S(=O)(=O)[O-])cc1. The summed E-state index contributed by atoms with van der Waals surface area (Å²) >= 11 is 3.44. The quantitative estimate of drug-likeness (QED) is 0.0637. The fraction of sp³-hybridized carbons (Fsp3) is 0.0909. The van der Waals surface area contributed by atoms with Crippen LogP contribution in [0.1, 0.15) is 22.3 Å². The van der Waals surface area contributed by atoms with Crippen molar-refractivity contribution in [2.24, 2.45) is 24.3 Å². The normalized spacial score (nSPS) is 11.7. The van der Waals surface area contributed by atoms with Gasteiger partial charge in [0, 0.05) is 34.2 Å². The van der Waals surface area contributed by atoms with Gasteiger partial charge in [0.2, 0.25) is 5.95 Å². The number of aryl methyl sites for hydroxylation is 4. The topological polar surface area (TPSA) is 206 Å². The van der Waals surface area contributed by atoms with E-state index in [1.165, 1.54) is 34.2 Å². The maximum absolute atomic E-state index is 10.4. The summed E-state index contributed by atoms with van der Waals surface area (Å²) in [6.45, 7) is 3.64. The molecule has 0 atom stereocenters. The summed E-state index contributed by atoms with van der Waals surface area (Å²) in [4.78, 5) is 10.7. The number of anilines is 2. The van der Waals surface area contributed by atoms with E-state index >= 15 is 0 Å². The molecule has 64 heavy (non-hydrogen) atoms. The van der Waals surface area contributed by atoms with E-state index in [-0.39, 0.29) is 9.79 Å². The smallest absolute Gasteiger partial charge is 0.345 e. The molecular weight excluding hydrogens is 893 g/mol. The highest BCUT2D eigenvalue weighted by Crippen LogP contribution is 2.21. The van der Waals surface area contributed by atoms with E-state index in [1.54, 1.807) is 71.6 Å². The third-order valence-corrected chi connectivity index (χ3v) is 13.1. The number of thiazole rings is 2. The molecule has 9 rings (SSSR count). The Hall–Kier alpha value is -6.94. The van der Waals surface area contributed by atoms with Crippen LogP contribution in [0.15, 0.2) is 165 Å². The summed E-state index contributed by atoms with van der Waals surface area (Å²) in [6, 6.07) is 29.9. The molecule has 4 aromatic carbocycles. The molecule has 0 aliphatic rings. The monoisotopic (exact) mass is 932 g/mol. The van der Waals surface area contributed by atoms with Gasteiger partial charge in [-0.25, -0.2) is 36.4 Å². The summed E-state index contributed by atoms with van der Waals surface area (Å²) in [7, 11) is -4.37. The molecule has 0 radical (unpaired) electrons. The van der Waals surface area contributed by atoms with Gasteiger partial charge >= 0.3 is 9.92 Å². The van der Waals surface area contributed by atoms with Crippen LogP contribution in [-0.4, -0.2) is 57.1 Å². The Bertz CT molecular complexity index is 3090. The Morgan fingerprint density at radius 2 is 1.03 bits per heavy atom. The maximum Gasteiger partial charge on any atom is 0.345 e. The van der Waals surface area contributed by atoms with E-state index in [0.29, 0.717) is 11.8 Å². The lowest BCUT2D eigenvalue weighted by Crippen LogP contribution is -2.28. The first-order chi connectivity index (χ1) is 30.6. The van der Waals surface area contributed by atoms with Crippen molar-refractivity contribution in [1.29, 1.82) is 0 Å². The van der Waals surface area contributed by atoms with Gasteiger partial charge in [-0.15, -0.1) is 0 Å². The Morgan fingerprint density at radius 3 is 1.44 bits per heavy atom. The molecule has 0 amide bonds. The third-order valence-electron chi connectivity index (χ3n) is 9.51. The highest BCUT2D eigenvalue weighted by Gasteiger charge is 2.18. The molecule has 0 bridgehead atoms. The number of hydrazone groups is 2. The number of aromatic nitrogens is 6. The second-order valence-electron chi connectivity index (χ2n) is 14.1. The average molecular weight is 933 g/mol. The summed E-state index contributed by atoms with van der Waals surface area (Å²) in [5.41, 5.74) is 14.3. The first-order valence-electron chi connectivity index (χ1n) is 19.2. The van der Waals surface area contributed by atoms with Crippen LogP contribution in [0.25, 0.3) is 32.4 Å². The molecule has 0 saturated heterocycles. The van der Waals surface area contributed by atoms with Gasteiger partial charge in [0.1, 0.15) is 45.0 Å². The number of hydrogen-bond acceptors (Lipinski definition) is 14. The molecule has 20 heteroatoms. The largest absolute Gasteiger partial charge is 0.744 e. The number of nitrogens with one attached hydrogen (secondary N) is 2. The minimum Gasteiger partial charge on any atom is -0.744 e. The number of imidazole rings is 2. The Morgan fingerprint density at radius 1 is 0.609 bits per heavy atom. The van der Waals surface area contributed by atoms with Crippen LogP contribution in [0.5, 0.6) is 0 Å². The van der Waals surface area contributed by atoms with Crippen molar-refractivity contribution in [3.63, 3.8) is 0 Å². The standard InChI is InChI=1S/C30H26N10S2.2C7H8O3S/c1-37-25(19-39-13-15-41-29(37)39)23-7-3-21(4-8-23)17-32-35-27-11-12-31-28(34-27)36-33-18-22-5-9-24(10-6-22)26-20-40-14-16-42-30(40)38(26)2;2*1-6-2-4-7(5-3-6)11(8,9)10/h3-20H,1-2H3,(H2,31,34,35,36);2*2-5H,1H3,(H,8,9,10)/q+2;;/p-2/b32-17+,33-18+;;. The molecule has 0 aliphatic carbocycles. The Kier molecular flexibility index (Phi) is 13.8. The average Bonchev–Trinajstić information content (AvgIpc) is 4.07. The molecule has 0 saturated carbocycles. The van der Waals surface area contributed by atoms with Crippen LogP contribution in [0.4, 0.5) is 11.8 Å². The lowest BCUT2D eigenvalue weighted by atomic mass is 10.1. The number of rotatable bonds is 10. The Labute approximate surface area is 377 Å². The molecule has 0 unspecified atom stereocenters. The zero-order valence-electron chi connectivity index (χ0n) is 34.7. The van der Waals surface area contributed by atoms with E-state index in [4.69, 9.17) is 0 Å². The van der Waals surface area contributed by atoms with Crippen molar-refractivity contribution in [3.05, 3.63) is 167 Å². The molecule has 0 aliphatic heterocycles. The second kappa shape index (κ2) is 19.6. The van der Waals surface area contributed by atoms with E-state index in [0.717, 1.165) is 44.8 Å². The molecule has 5 heterocycles. The van der Waals surface area contributed by atoms with Crippen LogP contribution < -0.4 is 20.0 Å². The van der Waals surface area contributed by atoms with E-state index in [9.17, 15) is 25.9 Å². The summed E-state index contributed by atoms with van der Waals surface area (Å²) in [5.74, 6) is 0.926.